The lowest BCUT2D eigenvalue weighted by Crippen LogP contribution is -1.99. The third-order valence-electron chi connectivity index (χ3n) is 2.60. The largest absolute Gasteiger partial charge is 0.483 e. The van der Waals surface area contributed by atoms with Gasteiger partial charge in [0.15, 0.2) is 12.4 Å². The van der Waals surface area contributed by atoms with Gasteiger partial charge in [0.05, 0.1) is 6.10 Å². The van der Waals surface area contributed by atoms with Gasteiger partial charge in [0, 0.05) is 0 Å². The number of hydrogen-bond acceptors (Lipinski definition) is 5. The lowest BCUT2D eigenvalue weighted by molar-refractivity contribution is 0.198. The van der Waals surface area contributed by atoms with E-state index >= 15 is 0 Å². The van der Waals surface area contributed by atoms with Crippen LogP contribution >= 0.6 is 0 Å². The molecule has 0 bridgehead atoms. The van der Waals surface area contributed by atoms with Gasteiger partial charge in [-0.2, -0.15) is 4.98 Å². The van der Waals surface area contributed by atoms with Crippen molar-refractivity contribution in [3.8, 4) is 5.75 Å². The quantitative estimate of drug-likeness (QED) is 0.899. The molecule has 1 N–H and O–H groups in total. The predicted molar refractivity (Wildman–Crippen MR) is 65.2 cm³/mol. The minimum Gasteiger partial charge on any atom is -0.483 e. The molecule has 1 aromatic carbocycles. The number of ether oxygens (including phenoxy) is 1. The molecule has 0 fully saturated rings. The standard InChI is InChI=1S/C13H16N2O3/c1-8-6-11(9(2)16)4-5-12(8)17-7-13-14-10(3)15-18-13/h4-6,9,16H,7H2,1-3H3/t9-/m0/s1. The maximum Gasteiger partial charge on any atom is 0.264 e. The van der Waals surface area contributed by atoms with Gasteiger partial charge < -0.3 is 14.4 Å². The molecule has 0 radical (unpaired) electrons. The summed E-state index contributed by atoms with van der Waals surface area (Å²) in [6, 6.07) is 5.58. The van der Waals surface area contributed by atoms with Crippen molar-refractivity contribution in [2.45, 2.75) is 33.5 Å². The minimum atomic E-state index is -0.476. The molecule has 1 atom stereocenters. The van der Waals surface area contributed by atoms with Crippen molar-refractivity contribution in [1.29, 1.82) is 0 Å². The van der Waals surface area contributed by atoms with Crippen LogP contribution in [0.25, 0.3) is 0 Å². The van der Waals surface area contributed by atoms with Crippen molar-refractivity contribution in [2.75, 3.05) is 0 Å². The topological polar surface area (TPSA) is 68.4 Å². The van der Waals surface area contributed by atoms with Crippen molar-refractivity contribution in [2.24, 2.45) is 0 Å². The summed E-state index contributed by atoms with van der Waals surface area (Å²) in [6.45, 7) is 5.67. The van der Waals surface area contributed by atoms with Gasteiger partial charge in [0.2, 0.25) is 0 Å². The van der Waals surface area contributed by atoms with Crippen molar-refractivity contribution < 1.29 is 14.4 Å². The number of hydrogen-bond donors (Lipinski definition) is 1. The van der Waals surface area contributed by atoms with E-state index in [1.165, 1.54) is 0 Å². The summed E-state index contributed by atoms with van der Waals surface area (Å²) < 4.78 is 10.6. The molecule has 0 saturated heterocycles. The fraction of sp³-hybridized carbons (Fsp3) is 0.385. The number of rotatable bonds is 4. The van der Waals surface area contributed by atoms with Crippen LogP contribution in [0.4, 0.5) is 0 Å². The van der Waals surface area contributed by atoms with Gasteiger partial charge in [0.25, 0.3) is 5.89 Å². The maximum atomic E-state index is 9.48. The van der Waals surface area contributed by atoms with Crippen molar-refractivity contribution >= 4 is 0 Å². The van der Waals surface area contributed by atoms with E-state index in [1.54, 1.807) is 13.8 Å². The minimum absolute atomic E-state index is 0.246. The lowest BCUT2D eigenvalue weighted by Gasteiger charge is -2.10. The zero-order chi connectivity index (χ0) is 13.1. The first kappa shape index (κ1) is 12.6. The van der Waals surface area contributed by atoms with Crippen LogP contribution in [-0.4, -0.2) is 15.2 Å². The summed E-state index contributed by atoms with van der Waals surface area (Å²) >= 11 is 0. The normalized spacial score (nSPS) is 12.4. The van der Waals surface area contributed by atoms with E-state index in [-0.39, 0.29) is 6.61 Å². The fourth-order valence-electron chi connectivity index (χ4n) is 1.63. The van der Waals surface area contributed by atoms with Gasteiger partial charge in [-0.3, -0.25) is 0 Å². The highest BCUT2D eigenvalue weighted by Crippen LogP contribution is 2.23. The Kier molecular flexibility index (Phi) is 3.62. The molecule has 96 valence electrons. The Morgan fingerprint density at radius 3 is 2.72 bits per heavy atom. The van der Waals surface area contributed by atoms with Crippen LogP contribution in [-0.2, 0) is 6.61 Å². The van der Waals surface area contributed by atoms with Gasteiger partial charge in [-0.25, -0.2) is 0 Å². The summed E-state index contributed by atoms with van der Waals surface area (Å²) in [7, 11) is 0. The number of aromatic nitrogens is 2. The molecule has 5 heteroatoms. The highest BCUT2D eigenvalue weighted by Gasteiger charge is 2.07. The third kappa shape index (κ3) is 2.87. The molecule has 0 saturated carbocycles. The van der Waals surface area contributed by atoms with Crippen LogP contribution in [0.3, 0.4) is 0 Å². The van der Waals surface area contributed by atoms with Crippen molar-refractivity contribution in [1.82, 2.24) is 10.1 Å². The number of aryl methyl sites for hydroxylation is 2. The van der Waals surface area contributed by atoms with E-state index < -0.39 is 6.10 Å². The van der Waals surface area contributed by atoms with Crippen molar-refractivity contribution in [3.05, 3.63) is 41.0 Å². The summed E-state index contributed by atoms with van der Waals surface area (Å²) in [6.07, 6.45) is -0.476. The molecule has 5 nitrogen and oxygen atoms in total. The Morgan fingerprint density at radius 1 is 1.39 bits per heavy atom. The van der Waals surface area contributed by atoms with Crippen LogP contribution in [0, 0.1) is 13.8 Å². The Bertz CT molecular complexity index is 535. The molecule has 2 aromatic rings. The average Bonchev–Trinajstić information content (AvgIpc) is 2.73. The molecule has 2 rings (SSSR count). The number of benzene rings is 1. The van der Waals surface area contributed by atoms with Crippen LogP contribution < -0.4 is 4.74 Å². The Labute approximate surface area is 105 Å². The molecular weight excluding hydrogens is 232 g/mol. The van der Waals surface area contributed by atoms with Gasteiger partial charge in [-0.1, -0.05) is 11.2 Å². The first-order valence-corrected chi connectivity index (χ1v) is 5.77. The van der Waals surface area contributed by atoms with Crippen LogP contribution in [0.15, 0.2) is 22.7 Å². The van der Waals surface area contributed by atoms with Crippen LogP contribution in [0.2, 0.25) is 0 Å². The van der Waals surface area contributed by atoms with Crippen LogP contribution in [0.1, 0.15) is 35.9 Å². The Hall–Kier alpha value is -1.88. The van der Waals surface area contributed by atoms with Crippen LogP contribution in [0.5, 0.6) is 5.75 Å². The molecule has 0 unspecified atom stereocenters. The molecule has 1 heterocycles. The van der Waals surface area contributed by atoms with E-state index in [0.717, 1.165) is 16.9 Å². The Balaban J connectivity index is 2.05. The molecule has 0 spiro atoms. The summed E-state index contributed by atoms with van der Waals surface area (Å²) in [4.78, 5) is 4.06. The highest BCUT2D eigenvalue weighted by atomic mass is 16.5. The fourth-order valence-corrected chi connectivity index (χ4v) is 1.63. The van der Waals surface area contributed by atoms with E-state index in [1.807, 2.05) is 25.1 Å². The molecule has 0 aliphatic carbocycles. The van der Waals surface area contributed by atoms with E-state index in [2.05, 4.69) is 10.1 Å². The Morgan fingerprint density at radius 2 is 2.17 bits per heavy atom. The zero-order valence-corrected chi connectivity index (χ0v) is 10.7. The van der Waals surface area contributed by atoms with Gasteiger partial charge in [-0.05, 0) is 44.0 Å². The maximum absolute atomic E-state index is 9.48. The summed E-state index contributed by atoms with van der Waals surface area (Å²) in [5, 5.41) is 13.2. The molecule has 0 aliphatic heterocycles. The van der Waals surface area contributed by atoms with Gasteiger partial charge >= 0.3 is 0 Å². The monoisotopic (exact) mass is 248 g/mol. The van der Waals surface area contributed by atoms with Crippen molar-refractivity contribution in [3.63, 3.8) is 0 Å². The van der Waals surface area contributed by atoms with Gasteiger partial charge in [0.1, 0.15) is 5.75 Å². The van der Waals surface area contributed by atoms with E-state index in [0.29, 0.717) is 11.7 Å². The van der Waals surface area contributed by atoms with Gasteiger partial charge in [-0.15, -0.1) is 0 Å². The number of nitrogens with zero attached hydrogens (tertiary/aromatic N) is 2. The molecule has 0 amide bonds. The van der Waals surface area contributed by atoms with E-state index in [9.17, 15) is 5.11 Å². The lowest BCUT2D eigenvalue weighted by atomic mass is 10.1. The summed E-state index contributed by atoms with van der Waals surface area (Å²) in [5.74, 6) is 1.79. The summed E-state index contributed by atoms with van der Waals surface area (Å²) in [5.41, 5.74) is 1.83. The second kappa shape index (κ2) is 5.18. The molecular formula is C13H16N2O3. The number of aliphatic hydroxyl groups excluding tert-OH is 1. The second-order valence-electron chi connectivity index (χ2n) is 4.22. The molecule has 1 aromatic heterocycles. The number of aliphatic hydroxyl groups is 1. The average molecular weight is 248 g/mol. The highest BCUT2D eigenvalue weighted by molar-refractivity contribution is 5.36. The SMILES string of the molecule is Cc1noc(COc2ccc([C@H](C)O)cc2C)n1. The van der Waals surface area contributed by atoms with E-state index in [4.69, 9.17) is 9.26 Å². The molecule has 0 aliphatic rings. The first-order valence-electron chi connectivity index (χ1n) is 5.77. The zero-order valence-electron chi connectivity index (χ0n) is 10.7. The third-order valence-corrected chi connectivity index (χ3v) is 2.60. The molecule has 18 heavy (non-hydrogen) atoms. The first-order chi connectivity index (χ1) is 8.56. The smallest absolute Gasteiger partial charge is 0.264 e. The predicted octanol–water partition coefficient (Wildman–Crippen LogP) is 2.32. The second-order valence-corrected chi connectivity index (χ2v) is 4.22.